The highest BCUT2D eigenvalue weighted by Crippen LogP contribution is 2.26. The summed E-state index contributed by atoms with van der Waals surface area (Å²) in [4.78, 5) is 7.16. The molecule has 0 radical (unpaired) electrons. The molecule has 0 saturated carbocycles. The molecule has 0 aliphatic carbocycles. The van der Waals surface area contributed by atoms with Gasteiger partial charge in [0, 0.05) is 12.5 Å². The van der Waals surface area contributed by atoms with Crippen LogP contribution in [0.3, 0.4) is 0 Å². The van der Waals surface area contributed by atoms with E-state index in [1.165, 1.54) is 19.4 Å². The van der Waals surface area contributed by atoms with Gasteiger partial charge in [-0.2, -0.15) is 0 Å². The minimum absolute atomic E-state index is 0.739. The van der Waals surface area contributed by atoms with Crippen molar-refractivity contribution in [2.45, 2.75) is 45.6 Å². The van der Waals surface area contributed by atoms with Crippen LogP contribution in [0.5, 0.6) is 0 Å². The molecule has 1 aliphatic heterocycles. The second kappa shape index (κ2) is 5.96. The number of aromatic nitrogens is 1. The van der Waals surface area contributed by atoms with E-state index in [0.29, 0.717) is 0 Å². The number of para-hydroxylation sites is 2. The number of hydrogen-bond donors (Lipinski definition) is 0. The summed E-state index contributed by atoms with van der Waals surface area (Å²) in [5.41, 5.74) is 1.88. The van der Waals surface area contributed by atoms with E-state index < -0.39 is 0 Å². The van der Waals surface area contributed by atoms with Crippen molar-refractivity contribution in [3.8, 4) is 0 Å². The maximum Gasteiger partial charge on any atom is 0.195 e. The number of hydrogen-bond acceptors (Lipinski definition) is 3. The van der Waals surface area contributed by atoms with E-state index in [2.05, 4.69) is 23.7 Å². The Labute approximate surface area is 121 Å². The zero-order valence-electron chi connectivity index (χ0n) is 12.5. The Morgan fingerprint density at radius 2 is 2.20 bits per heavy atom. The highest BCUT2D eigenvalue weighted by molar-refractivity contribution is 5.72. The Morgan fingerprint density at radius 1 is 1.35 bits per heavy atom. The third-order valence-electron chi connectivity index (χ3n) is 4.74. The normalized spacial score (nSPS) is 23.7. The Morgan fingerprint density at radius 3 is 2.95 bits per heavy atom. The molecule has 0 unspecified atom stereocenters. The van der Waals surface area contributed by atoms with Crippen molar-refractivity contribution in [3.05, 3.63) is 30.2 Å². The van der Waals surface area contributed by atoms with Gasteiger partial charge in [0.1, 0.15) is 5.52 Å². The average Bonchev–Trinajstić information content (AvgIpc) is 3.02. The number of rotatable bonds is 5. The molecule has 20 heavy (non-hydrogen) atoms. The molecule has 3 rings (SSSR count). The van der Waals surface area contributed by atoms with Crippen molar-refractivity contribution in [2.24, 2.45) is 5.92 Å². The van der Waals surface area contributed by atoms with Crippen molar-refractivity contribution in [3.63, 3.8) is 0 Å². The van der Waals surface area contributed by atoms with E-state index >= 15 is 0 Å². The van der Waals surface area contributed by atoms with Crippen molar-refractivity contribution >= 4 is 11.1 Å². The SMILES string of the molecule is CC[C@H]1CCN(CCCc2nc3ccccc3o2)[C@H]1C. The van der Waals surface area contributed by atoms with Crippen LogP contribution in [0, 0.1) is 5.92 Å². The summed E-state index contributed by atoms with van der Waals surface area (Å²) < 4.78 is 5.77. The molecule has 0 N–H and O–H groups in total. The van der Waals surface area contributed by atoms with Crippen molar-refractivity contribution < 1.29 is 4.42 Å². The number of likely N-dealkylation sites (tertiary alicyclic amines) is 1. The lowest BCUT2D eigenvalue weighted by Crippen LogP contribution is -2.31. The Balaban J connectivity index is 1.52. The van der Waals surface area contributed by atoms with Crippen LogP contribution >= 0.6 is 0 Å². The van der Waals surface area contributed by atoms with Gasteiger partial charge in [-0.1, -0.05) is 25.5 Å². The first-order chi connectivity index (χ1) is 9.78. The van der Waals surface area contributed by atoms with Gasteiger partial charge < -0.3 is 9.32 Å². The largest absolute Gasteiger partial charge is 0.441 e. The first-order valence-electron chi connectivity index (χ1n) is 7.86. The van der Waals surface area contributed by atoms with Gasteiger partial charge in [-0.15, -0.1) is 0 Å². The molecule has 3 nitrogen and oxygen atoms in total. The standard InChI is InChI=1S/C17H24N2O/c1-3-14-10-12-19(13(14)2)11-6-9-17-18-15-7-4-5-8-16(15)20-17/h4-5,7-8,13-14H,3,6,9-12H2,1-2H3/t13-,14-/m0/s1. The van der Waals surface area contributed by atoms with Gasteiger partial charge in [0.15, 0.2) is 11.5 Å². The predicted molar refractivity (Wildman–Crippen MR) is 81.8 cm³/mol. The molecule has 2 atom stereocenters. The van der Waals surface area contributed by atoms with E-state index in [4.69, 9.17) is 4.42 Å². The highest BCUT2D eigenvalue weighted by Gasteiger charge is 2.28. The molecule has 108 valence electrons. The fourth-order valence-corrected chi connectivity index (χ4v) is 3.40. The number of fused-ring (bicyclic) bond motifs is 1. The van der Waals surface area contributed by atoms with Crippen molar-refractivity contribution in [1.82, 2.24) is 9.88 Å². The third-order valence-corrected chi connectivity index (χ3v) is 4.74. The number of aryl methyl sites for hydroxylation is 1. The van der Waals surface area contributed by atoms with Crippen LogP contribution in [0.4, 0.5) is 0 Å². The molecule has 1 aliphatic rings. The Hall–Kier alpha value is -1.35. The molecule has 0 bridgehead atoms. The van der Waals surface area contributed by atoms with Crippen molar-refractivity contribution in [2.75, 3.05) is 13.1 Å². The third kappa shape index (κ3) is 2.73. The van der Waals surface area contributed by atoms with E-state index in [0.717, 1.165) is 48.3 Å². The van der Waals surface area contributed by atoms with Crippen LogP contribution in [-0.4, -0.2) is 29.0 Å². The van der Waals surface area contributed by atoms with Gasteiger partial charge >= 0.3 is 0 Å². The molecular formula is C17H24N2O. The molecule has 1 aromatic carbocycles. The first kappa shape index (κ1) is 13.6. The second-order valence-electron chi connectivity index (χ2n) is 5.91. The van der Waals surface area contributed by atoms with Gasteiger partial charge in [-0.25, -0.2) is 4.98 Å². The molecule has 2 aromatic rings. The summed E-state index contributed by atoms with van der Waals surface area (Å²) in [6.07, 6.45) is 4.74. The smallest absolute Gasteiger partial charge is 0.195 e. The predicted octanol–water partition coefficient (Wildman–Crippen LogP) is 3.88. The molecule has 3 heteroatoms. The van der Waals surface area contributed by atoms with Crippen molar-refractivity contribution in [1.29, 1.82) is 0 Å². The second-order valence-corrected chi connectivity index (χ2v) is 5.91. The number of benzene rings is 1. The summed E-state index contributed by atoms with van der Waals surface area (Å²) in [5, 5.41) is 0. The van der Waals surface area contributed by atoms with Crippen LogP contribution < -0.4 is 0 Å². The summed E-state index contributed by atoms with van der Waals surface area (Å²) in [6.45, 7) is 7.10. The van der Waals surface area contributed by atoms with Gasteiger partial charge in [-0.05, 0) is 50.9 Å². The Kier molecular flexibility index (Phi) is 4.06. The quantitative estimate of drug-likeness (QED) is 0.827. The van der Waals surface area contributed by atoms with Crippen LogP contribution in [-0.2, 0) is 6.42 Å². The summed E-state index contributed by atoms with van der Waals surface area (Å²) in [7, 11) is 0. The monoisotopic (exact) mass is 272 g/mol. The fraction of sp³-hybridized carbons (Fsp3) is 0.588. The zero-order valence-corrected chi connectivity index (χ0v) is 12.5. The summed E-state index contributed by atoms with van der Waals surface area (Å²) in [5.74, 6) is 1.77. The maximum absolute atomic E-state index is 5.77. The van der Waals surface area contributed by atoms with Gasteiger partial charge in [-0.3, -0.25) is 0 Å². The van der Waals surface area contributed by atoms with E-state index in [1.54, 1.807) is 0 Å². The van der Waals surface area contributed by atoms with Crippen LogP contribution in [0.15, 0.2) is 28.7 Å². The molecule has 0 spiro atoms. The van der Waals surface area contributed by atoms with Crippen LogP contribution in [0.1, 0.15) is 39.0 Å². The summed E-state index contributed by atoms with van der Waals surface area (Å²) >= 11 is 0. The topological polar surface area (TPSA) is 29.3 Å². The number of nitrogens with zero attached hydrogens (tertiary/aromatic N) is 2. The molecule has 0 amide bonds. The fourth-order valence-electron chi connectivity index (χ4n) is 3.40. The lowest BCUT2D eigenvalue weighted by Gasteiger charge is -2.23. The van der Waals surface area contributed by atoms with Gasteiger partial charge in [0.05, 0.1) is 0 Å². The summed E-state index contributed by atoms with van der Waals surface area (Å²) in [6, 6.07) is 8.74. The highest BCUT2D eigenvalue weighted by atomic mass is 16.3. The van der Waals surface area contributed by atoms with E-state index in [1.807, 2.05) is 24.3 Å². The van der Waals surface area contributed by atoms with Crippen LogP contribution in [0.25, 0.3) is 11.1 Å². The Bertz CT molecular complexity index is 530. The lowest BCUT2D eigenvalue weighted by atomic mass is 9.99. The molecular weight excluding hydrogens is 248 g/mol. The zero-order chi connectivity index (χ0) is 13.9. The number of oxazole rings is 1. The molecule has 1 saturated heterocycles. The maximum atomic E-state index is 5.77. The van der Waals surface area contributed by atoms with E-state index in [-0.39, 0.29) is 0 Å². The minimum Gasteiger partial charge on any atom is -0.441 e. The molecule has 1 fully saturated rings. The average molecular weight is 272 g/mol. The molecule has 2 heterocycles. The lowest BCUT2D eigenvalue weighted by molar-refractivity contribution is 0.235. The van der Waals surface area contributed by atoms with E-state index in [9.17, 15) is 0 Å². The van der Waals surface area contributed by atoms with Gasteiger partial charge in [0.2, 0.25) is 0 Å². The van der Waals surface area contributed by atoms with Crippen LogP contribution in [0.2, 0.25) is 0 Å². The molecule has 1 aromatic heterocycles. The van der Waals surface area contributed by atoms with Gasteiger partial charge in [0.25, 0.3) is 0 Å². The first-order valence-corrected chi connectivity index (χ1v) is 7.86. The minimum atomic E-state index is 0.739.